The molecule has 1 heterocycles. The molecule has 0 bridgehead atoms. The summed E-state index contributed by atoms with van der Waals surface area (Å²) in [5.41, 5.74) is 0.534. The van der Waals surface area contributed by atoms with Gasteiger partial charge in [0.2, 0.25) is 10.0 Å². The molecule has 8 heteroatoms. The van der Waals surface area contributed by atoms with Crippen LogP contribution in [0.1, 0.15) is 17.9 Å². The molecule has 1 saturated carbocycles. The first kappa shape index (κ1) is 17.7. The SMILES string of the molecule is Cn1c(=O)c2cc(S(=O)(=O)N[C@H]3C[C@@H]3c3ccccc3)ccc2n(C)c1=O. The minimum absolute atomic E-state index is 0.0180. The number of rotatable bonds is 4. The van der Waals surface area contributed by atoms with Gasteiger partial charge < -0.3 is 0 Å². The number of fused-ring (bicyclic) bond motifs is 1. The minimum Gasteiger partial charge on any atom is -0.296 e. The zero-order valence-corrected chi connectivity index (χ0v) is 15.7. The van der Waals surface area contributed by atoms with E-state index in [1.165, 1.54) is 29.8 Å². The average molecular weight is 385 g/mol. The van der Waals surface area contributed by atoms with E-state index in [2.05, 4.69) is 4.72 Å². The van der Waals surface area contributed by atoms with Gasteiger partial charge in [-0.3, -0.25) is 13.9 Å². The van der Waals surface area contributed by atoms with E-state index >= 15 is 0 Å². The van der Waals surface area contributed by atoms with Crippen LogP contribution in [0.5, 0.6) is 0 Å². The Morgan fingerprint density at radius 1 is 1.00 bits per heavy atom. The van der Waals surface area contributed by atoms with Crippen molar-refractivity contribution in [2.24, 2.45) is 14.1 Å². The topological polar surface area (TPSA) is 90.2 Å². The van der Waals surface area contributed by atoms with Crippen LogP contribution in [0.4, 0.5) is 0 Å². The molecular weight excluding hydrogens is 366 g/mol. The Morgan fingerprint density at radius 2 is 1.70 bits per heavy atom. The van der Waals surface area contributed by atoms with Crippen LogP contribution in [0.3, 0.4) is 0 Å². The molecule has 0 saturated heterocycles. The Labute approximate surface area is 155 Å². The van der Waals surface area contributed by atoms with Crippen LogP contribution < -0.4 is 16.0 Å². The summed E-state index contributed by atoms with van der Waals surface area (Å²) in [6.07, 6.45) is 0.743. The highest BCUT2D eigenvalue weighted by Crippen LogP contribution is 2.41. The highest BCUT2D eigenvalue weighted by atomic mass is 32.2. The van der Waals surface area contributed by atoms with E-state index < -0.39 is 21.3 Å². The van der Waals surface area contributed by atoms with Crippen LogP contribution in [0.25, 0.3) is 10.9 Å². The Hall–Kier alpha value is -2.71. The Balaban J connectivity index is 1.68. The van der Waals surface area contributed by atoms with E-state index in [-0.39, 0.29) is 22.2 Å². The fourth-order valence-electron chi connectivity index (χ4n) is 3.40. The van der Waals surface area contributed by atoms with Gasteiger partial charge in [0.1, 0.15) is 0 Å². The number of nitrogens with one attached hydrogen (secondary N) is 1. The first-order valence-electron chi connectivity index (χ1n) is 8.56. The molecule has 1 aliphatic rings. The highest BCUT2D eigenvalue weighted by Gasteiger charge is 2.41. The highest BCUT2D eigenvalue weighted by molar-refractivity contribution is 7.89. The van der Waals surface area contributed by atoms with E-state index in [0.29, 0.717) is 5.52 Å². The molecule has 4 rings (SSSR count). The summed E-state index contributed by atoms with van der Waals surface area (Å²) < 4.78 is 30.5. The largest absolute Gasteiger partial charge is 0.330 e. The maximum atomic E-state index is 12.8. The summed E-state index contributed by atoms with van der Waals surface area (Å²) >= 11 is 0. The molecule has 140 valence electrons. The zero-order valence-electron chi connectivity index (χ0n) is 14.9. The molecule has 2 aromatic carbocycles. The second-order valence-corrected chi connectivity index (χ2v) is 8.58. The number of hydrogen-bond donors (Lipinski definition) is 1. The fourth-order valence-corrected chi connectivity index (χ4v) is 4.72. The van der Waals surface area contributed by atoms with Gasteiger partial charge in [0.05, 0.1) is 15.8 Å². The zero-order chi connectivity index (χ0) is 19.3. The molecule has 3 aromatic rings. The normalized spacial score (nSPS) is 19.3. The number of hydrogen-bond acceptors (Lipinski definition) is 4. The van der Waals surface area contributed by atoms with Crippen molar-refractivity contribution >= 4 is 20.9 Å². The summed E-state index contributed by atoms with van der Waals surface area (Å²) in [7, 11) is -0.848. The van der Waals surface area contributed by atoms with Gasteiger partial charge in [-0.15, -0.1) is 0 Å². The van der Waals surface area contributed by atoms with Crippen molar-refractivity contribution in [2.45, 2.75) is 23.3 Å². The van der Waals surface area contributed by atoms with Gasteiger partial charge in [-0.05, 0) is 30.2 Å². The lowest BCUT2D eigenvalue weighted by Crippen LogP contribution is -2.37. The van der Waals surface area contributed by atoms with Gasteiger partial charge in [-0.2, -0.15) is 0 Å². The second-order valence-electron chi connectivity index (χ2n) is 6.87. The lowest BCUT2D eigenvalue weighted by atomic mass is 10.1. The second kappa shape index (κ2) is 6.17. The molecule has 1 aliphatic carbocycles. The minimum atomic E-state index is -3.77. The first-order chi connectivity index (χ1) is 12.8. The molecule has 0 radical (unpaired) electrons. The number of sulfonamides is 1. The number of benzene rings is 2. The fraction of sp³-hybridized carbons (Fsp3) is 0.263. The summed E-state index contributed by atoms with van der Waals surface area (Å²) in [5, 5.41) is 0.192. The molecule has 0 unspecified atom stereocenters. The van der Waals surface area contributed by atoms with Crippen LogP contribution in [-0.4, -0.2) is 23.6 Å². The summed E-state index contributed by atoms with van der Waals surface area (Å²) in [4.78, 5) is 24.4. The molecule has 0 amide bonds. The third-order valence-electron chi connectivity index (χ3n) is 5.07. The van der Waals surface area contributed by atoms with Crippen LogP contribution in [-0.2, 0) is 24.1 Å². The van der Waals surface area contributed by atoms with E-state index in [1.807, 2.05) is 30.3 Å². The number of aryl methyl sites for hydroxylation is 1. The van der Waals surface area contributed by atoms with Crippen molar-refractivity contribution in [3.63, 3.8) is 0 Å². The molecule has 0 spiro atoms. The molecule has 1 fully saturated rings. The quantitative estimate of drug-likeness (QED) is 0.727. The van der Waals surface area contributed by atoms with Crippen LogP contribution in [0, 0.1) is 0 Å². The monoisotopic (exact) mass is 385 g/mol. The van der Waals surface area contributed by atoms with Gasteiger partial charge in [-0.25, -0.2) is 17.9 Å². The first-order valence-corrected chi connectivity index (χ1v) is 10.0. The van der Waals surface area contributed by atoms with Gasteiger partial charge >= 0.3 is 5.69 Å². The van der Waals surface area contributed by atoms with Crippen LogP contribution in [0.15, 0.2) is 63.0 Å². The van der Waals surface area contributed by atoms with Crippen LogP contribution in [0.2, 0.25) is 0 Å². The number of aromatic nitrogens is 2. The van der Waals surface area contributed by atoms with Crippen molar-refractivity contribution in [2.75, 3.05) is 0 Å². The molecular formula is C19H19N3O4S. The van der Waals surface area contributed by atoms with E-state index in [0.717, 1.165) is 16.6 Å². The number of nitrogens with zero attached hydrogens (tertiary/aromatic N) is 2. The third-order valence-corrected chi connectivity index (χ3v) is 6.56. The van der Waals surface area contributed by atoms with Crippen molar-refractivity contribution < 1.29 is 8.42 Å². The molecule has 27 heavy (non-hydrogen) atoms. The molecule has 7 nitrogen and oxygen atoms in total. The van der Waals surface area contributed by atoms with E-state index in [9.17, 15) is 18.0 Å². The van der Waals surface area contributed by atoms with Gasteiger partial charge in [0.15, 0.2) is 0 Å². The Bertz CT molecular complexity index is 1260. The molecule has 1 N–H and O–H groups in total. The van der Waals surface area contributed by atoms with Crippen molar-refractivity contribution in [1.82, 2.24) is 13.9 Å². The maximum absolute atomic E-state index is 12.8. The Kier molecular flexibility index (Phi) is 4.05. The Morgan fingerprint density at radius 3 is 2.41 bits per heavy atom. The van der Waals surface area contributed by atoms with Gasteiger partial charge in [-0.1, -0.05) is 30.3 Å². The van der Waals surface area contributed by atoms with Crippen LogP contribution >= 0.6 is 0 Å². The van der Waals surface area contributed by atoms with E-state index in [4.69, 9.17) is 0 Å². The predicted molar refractivity (Wildman–Crippen MR) is 102 cm³/mol. The predicted octanol–water partition coefficient (Wildman–Crippen LogP) is 1.07. The van der Waals surface area contributed by atoms with E-state index in [1.54, 1.807) is 7.05 Å². The standard InChI is InChI=1S/C19H19N3O4S/c1-21-17-9-8-13(10-15(17)18(23)22(2)19(21)24)27(25,26)20-16-11-14(16)12-6-4-3-5-7-12/h3-10,14,16,20H,11H2,1-2H3/t14-,16+/m1/s1. The smallest absolute Gasteiger partial charge is 0.296 e. The lowest BCUT2D eigenvalue weighted by molar-refractivity contribution is 0.580. The van der Waals surface area contributed by atoms with Gasteiger partial charge in [0.25, 0.3) is 5.56 Å². The van der Waals surface area contributed by atoms with Crippen molar-refractivity contribution in [3.05, 3.63) is 74.9 Å². The summed E-state index contributed by atoms with van der Waals surface area (Å²) in [6.45, 7) is 0. The summed E-state index contributed by atoms with van der Waals surface area (Å²) in [5.74, 6) is 0.162. The van der Waals surface area contributed by atoms with Gasteiger partial charge in [0, 0.05) is 26.1 Å². The molecule has 0 aliphatic heterocycles. The third kappa shape index (κ3) is 3.00. The van der Waals surface area contributed by atoms with Crippen molar-refractivity contribution in [3.8, 4) is 0 Å². The average Bonchev–Trinajstić information content (AvgIpc) is 3.43. The molecule has 1 aromatic heterocycles. The summed E-state index contributed by atoms with van der Waals surface area (Å²) in [6, 6.07) is 13.9. The lowest BCUT2D eigenvalue weighted by Gasteiger charge is -2.10. The molecule has 2 atom stereocenters. The van der Waals surface area contributed by atoms with Crippen molar-refractivity contribution in [1.29, 1.82) is 0 Å². The maximum Gasteiger partial charge on any atom is 0.330 e.